The molecule has 1 heteroatoms. The molecule has 1 nitrogen and oxygen atoms in total. The third-order valence-electron chi connectivity index (χ3n) is 12.8. The van der Waals surface area contributed by atoms with Gasteiger partial charge in [-0.15, -0.1) is 0 Å². The molecule has 0 amide bonds. The number of benzene rings is 9. The van der Waals surface area contributed by atoms with Gasteiger partial charge >= 0.3 is 0 Å². The predicted molar refractivity (Wildman–Crippen MR) is 245 cm³/mol. The van der Waals surface area contributed by atoms with Gasteiger partial charge in [0.1, 0.15) is 0 Å². The Morgan fingerprint density at radius 3 is 1.66 bits per heavy atom. The smallest absolute Gasteiger partial charge is 0.0540 e. The second kappa shape index (κ2) is 14.2. The first-order chi connectivity index (χ1) is 28.7. The van der Waals surface area contributed by atoms with Crippen LogP contribution in [0.2, 0.25) is 0 Å². The Labute approximate surface area is 341 Å². The highest BCUT2D eigenvalue weighted by atomic mass is 15.1. The Balaban J connectivity index is 1.12. The third kappa shape index (κ3) is 5.69. The zero-order valence-corrected chi connectivity index (χ0v) is 32.5. The average molecular weight is 742 g/mol. The summed E-state index contributed by atoms with van der Waals surface area (Å²) in [5.74, 6) is 0. The van der Waals surface area contributed by atoms with Crippen LogP contribution >= 0.6 is 0 Å². The van der Waals surface area contributed by atoms with Crippen molar-refractivity contribution >= 4 is 27.8 Å². The van der Waals surface area contributed by atoms with E-state index in [1.807, 2.05) is 0 Å². The topological polar surface area (TPSA) is 3.24 Å². The van der Waals surface area contributed by atoms with E-state index in [0.717, 1.165) is 11.4 Å². The van der Waals surface area contributed by atoms with Gasteiger partial charge in [0.05, 0.1) is 5.69 Å². The van der Waals surface area contributed by atoms with E-state index in [4.69, 9.17) is 0 Å². The van der Waals surface area contributed by atoms with E-state index in [-0.39, 0.29) is 5.41 Å². The van der Waals surface area contributed by atoms with Crippen LogP contribution in [-0.4, -0.2) is 0 Å². The quantitative estimate of drug-likeness (QED) is 0.157. The van der Waals surface area contributed by atoms with Crippen molar-refractivity contribution in [3.8, 4) is 55.6 Å². The Hall–Kier alpha value is -6.96. The third-order valence-corrected chi connectivity index (χ3v) is 12.8. The summed E-state index contributed by atoms with van der Waals surface area (Å²) < 4.78 is 0. The number of fused-ring (bicyclic) bond motifs is 6. The molecule has 0 unspecified atom stereocenters. The van der Waals surface area contributed by atoms with Crippen LogP contribution < -0.4 is 4.90 Å². The fraction of sp³-hybridized carbons (Fsp3) is 0.0877. The van der Waals surface area contributed by atoms with Crippen molar-refractivity contribution in [2.75, 3.05) is 4.90 Å². The van der Waals surface area contributed by atoms with Crippen LogP contribution in [0.4, 0.5) is 17.1 Å². The molecule has 0 bridgehead atoms. The fourth-order valence-corrected chi connectivity index (χ4v) is 10.2. The SMILES string of the molecule is c1ccc(-c2ccccc2-c2ccccc2-c2ccccc2N(c2cccc(-c3ccc4ccccc4c3)c2)c2ccc3c(c2)C2(CCCC2)c2ccccc2-3)cc1. The molecule has 0 aliphatic heterocycles. The largest absolute Gasteiger partial charge is 0.310 e. The molecule has 11 rings (SSSR count). The van der Waals surface area contributed by atoms with Crippen molar-refractivity contribution in [1.29, 1.82) is 0 Å². The molecule has 1 spiro atoms. The van der Waals surface area contributed by atoms with Crippen molar-refractivity contribution in [2.45, 2.75) is 31.1 Å². The molecule has 276 valence electrons. The Kier molecular flexibility index (Phi) is 8.40. The van der Waals surface area contributed by atoms with Gasteiger partial charge in [0, 0.05) is 22.4 Å². The highest BCUT2D eigenvalue weighted by Crippen LogP contribution is 2.58. The van der Waals surface area contributed by atoms with E-state index in [1.165, 1.54) is 109 Å². The molecule has 1 saturated carbocycles. The molecule has 0 saturated heterocycles. The summed E-state index contributed by atoms with van der Waals surface area (Å²) in [5.41, 5.74) is 19.0. The van der Waals surface area contributed by atoms with E-state index in [9.17, 15) is 0 Å². The Bertz CT molecular complexity index is 2970. The van der Waals surface area contributed by atoms with Crippen LogP contribution in [-0.2, 0) is 5.41 Å². The maximum absolute atomic E-state index is 2.54. The Morgan fingerprint density at radius 2 is 0.862 bits per heavy atom. The van der Waals surface area contributed by atoms with Crippen molar-refractivity contribution in [1.82, 2.24) is 0 Å². The highest BCUT2D eigenvalue weighted by Gasteiger charge is 2.45. The van der Waals surface area contributed by atoms with E-state index in [2.05, 4.69) is 217 Å². The van der Waals surface area contributed by atoms with Crippen LogP contribution in [0, 0.1) is 0 Å². The Morgan fingerprint density at radius 1 is 0.310 bits per heavy atom. The molecule has 0 radical (unpaired) electrons. The maximum atomic E-state index is 2.54. The zero-order chi connectivity index (χ0) is 38.5. The summed E-state index contributed by atoms with van der Waals surface area (Å²) in [7, 11) is 0. The van der Waals surface area contributed by atoms with Crippen LogP contribution in [0.1, 0.15) is 36.8 Å². The molecule has 0 N–H and O–H groups in total. The van der Waals surface area contributed by atoms with E-state index in [0.29, 0.717) is 0 Å². The molecule has 0 heterocycles. The zero-order valence-electron chi connectivity index (χ0n) is 32.5. The minimum absolute atomic E-state index is 0.0633. The number of anilines is 3. The normalized spacial score (nSPS) is 13.7. The lowest BCUT2D eigenvalue weighted by molar-refractivity contribution is 0.550. The average Bonchev–Trinajstić information content (AvgIpc) is 3.90. The standard InChI is InChI=1S/C57H43N/c1-2-18-41(19-3-1)47-23-6-7-24-48(47)49-25-8-9-26-50(49)53-28-11-13-30-56(53)58(45-22-16-21-43(38-45)44-32-31-40-17-4-5-20-42(40)37-44)46-33-34-52-51-27-10-12-29-54(51)57(55(52)39-46)35-14-15-36-57/h1-13,16-34,37-39H,14-15,35-36H2. The van der Waals surface area contributed by atoms with Crippen LogP contribution in [0.3, 0.4) is 0 Å². The van der Waals surface area contributed by atoms with Crippen LogP contribution in [0.25, 0.3) is 66.4 Å². The van der Waals surface area contributed by atoms with E-state index < -0.39 is 0 Å². The summed E-state index contributed by atoms with van der Waals surface area (Å²) in [6, 6.07) is 78.6. The number of nitrogens with zero attached hydrogens (tertiary/aromatic N) is 1. The molecule has 0 aromatic heterocycles. The van der Waals surface area contributed by atoms with Gasteiger partial charge in [0.2, 0.25) is 0 Å². The maximum Gasteiger partial charge on any atom is 0.0540 e. The number of para-hydroxylation sites is 1. The molecule has 9 aromatic carbocycles. The molecular weight excluding hydrogens is 699 g/mol. The monoisotopic (exact) mass is 741 g/mol. The van der Waals surface area contributed by atoms with Gasteiger partial charge in [-0.25, -0.2) is 0 Å². The highest BCUT2D eigenvalue weighted by molar-refractivity contribution is 5.98. The van der Waals surface area contributed by atoms with Gasteiger partial charge in [-0.2, -0.15) is 0 Å². The van der Waals surface area contributed by atoms with E-state index >= 15 is 0 Å². The summed E-state index contributed by atoms with van der Waals surface area (Å²) in [4.78, 5) is 2.52. The first-order valence-corrected chi connectivity index (χ1v) is 20.7. The van der Waals surface area contributed by atoms with Gasteiger partial charge in [0.25, 0.3) is 0 Å². The van der Waals surface area contributed by atoms with Gasteiger partial charge in [0.15, 0.2) is 0 Å². The summed E-state index contributed by atoms with van der Waals surface area (Å²) in [6.45, 7) is 0. The van der Waals surface area contributed by atoms with Gasteiger partial charge in [-0.1, -0.05) is 189 Å². The van der Waals surface area contributed by atoms with Gasteiger partial charge in [-0.3, -0.25) is 0 Å². The summed E-state index contributed by atoms with van der Waals surface area (Å²) >= 11 is 0. The summed E-state index contributed by atoms with van der Waals surface area (Å²) in [5, 5.41) is 2.51. The molecule has 1 fully saturated rings. The van der Waals surface area contributed by atoms with Crippen molar-refractivity contribution in [2.24, 2.45) is 0 Å². The van der Waals surface area contributed by atoms with Crippen molar-refractivity contribution in [3.63, 3.8) is 0 Å². The molecular formula is C57H43N. The fourth-order valence-electron chi connectivity index (χ4n) is 10.2. The summed E-state index contributed by atoms with van der Waals surface area (Å²) in [6.07, 6.45) is 4.92. The molecule has 9 aromatic rings. The minimum atomic E-state index is 0.0633. The molecule has 2 aliphatic rings. The first-order valence-electron chi connectivity index (χ1n) is 20.7. The molecule has 0 atom stereocenters. The number of rotatable bonds is 7. The second-order valence-electron chi connectivity index (χ2n) is 16.0. The van der Waals surface area contributed by atoms with Crippen LogP contribution in [0.15, 0.2) is 212 Å². The predicted octanol–water partition coefficient (Wildman–Crippen LogP) is 15.8. The first kappa shape index (κ1) is 34.3. The van der Waals surface area contributed by atoms with Gasteiger partial charge in [-0.05, 0) is 121 Å². The van der Waals surface area contributed by atoms with E-state index in [1.54, 1.807) is 0 Å². The van der Waals surface area contributed by atoms with Crippen molar-refractivity contribution < 1.29 is 0 Å². The van der Waals surface area contributed by atoms with Gasteiger partial charge < -0.3 is 4.90 Å². The van der Waals surface area contributed by atoms with Crippen molar-refractivity contribution in [3.05, 3.63) is 223 Å². The molecule has 58 heavy (non-hydrogen) atoms. The minimum Gasteiger partial charge on any atom is -0.310 e. The van der Waals surface area contributed by atoms with Crippen LogP contribution in [0.5, 0.6) is 0 Å². The number of hydrogen-bond donors (Lipinski definition) is 0. The lowest BCUT2D eigenvalue weighted by Crippen LogP contribution is -2.21. The lowest BCUT2D eigenvalue weighted by atomic mass is 9.76. The second-order valence-corrected chi connectivity index (χ2v) is 16.0. The molecule has 2 aliphatic carbocycles. The number of hydrogen-bond acceptors (Lipinski definition) is 1. The lowest BCUT2D eigenvalue weighted by Gasteiger charge is -2.31.